The maximum Gasteiger partial charge on any atom is 0.198 e. The Morgan fingerprint density at radius 2 is 2.12 bits per heavy atom. The smallest absolute Gasteiger partial charge is 0.198 e. The maximum atomic E-state index is 5.85. The highest BCUT2D eigenvalue weighted by atomic mass is 16.3. The van der Waals surface area contributed by atoms with E-state index in [2.05, 4.69) is 10.3 Å². The van der Waals surface area contributed by atoms with Gasteiger partial charge in [0.2, 0.25) is 0 Å². The van der Waals surface area contributed by atoms with Gasteiger partial charge in [0.25, 0.3) is 0 Å². The molecule has 0 amide bonds. The molecule has 3 N–H and O–H groups in total. The first-order chi connectivity index (χ1) is 7.84. The standard InChI is InChI=1S/C12H15N3O/c13-9-2-1-3-10-11(9)16-12(15-10)8-4-6-14-7-5-8/h1-3,8,14H,4-7,13H2. The Morgan fingerprint density at radius 1 is 1.31 bits per heavy atom. The molecular weight excluding hydrogens is 202 g/mol. The van der Waals surface area contributed by atoms with Crippen LogP contribution >= 0.6 is 0 Å². The number of aromatic nitrogens is 1. The molecule has 0 radical (unpaired) electrons. The van der Waals surface area contributed by atoms with Crippen molar-refractivity contribution < 1.29 is 4.42 Å². The summed E-state index contributed by atoms with van der Waals surface area (Å²) in [5, 5.41) is 3.34. The van der Waals surface area contributed by atoms with Crippen LogP contribution in [0.5, 0.6) is 0 Å². The van der Waals surface area contributed by atoms with Crippen LogP contribution in [0.4, 0.5) is 5.69 Å². The minimum absolute atomic E-state index is 0.438. The number of nitrogens with two attached hydrogens (primary N) is 1. The fraction of sp³-hybridized carbons (Fsp3) is 0.417. The highest BCUT2D eigenvalue weighted by Gasteiger charge is 2.20. The molecule has 2 heterocycles. The highest BCUT2D eigenvalue weighted by molar-refractivity contribution is 5.84. The number of nitrogens with one attached hydrogen (secondary N) is 1. The van der Waals surface area contributed by atoms with E-state index in [-0.39, 0.29) is 0 Å². The number of piperidine rings is 1. The maximum absolute atomic E-state index is 5.85. The lowest BCUT2D eigenvalue weighted by atomic mass is 9.98. The third-order valence-corrected chi connectivity index (χ3v) is 3.15. The predicted molar refractivity (Wildman–Crippen MR) is 63.3 cm³/mol. The number of para-hydroxylation sites is 1. The Kier molecular flexibility index (Phi) is 2.29. The molecule has 0 bridgehead atoms. The van der Waals surface area contributed by atoms with Gasteiger partial charge in [-0.15, -0.1) is 0 Å². The number of nitrogen functional groups attached to an aromatic ring is 1. The number of rotatable bonds is 1. The largest absolute Gasteiger partial charge is 0.438 e. The number of nitrogens with zero attached hydrogens (tertiary/aromatic N) is 1. The van der Waals surface area contributed by atoms with Crippen LogP contribution in [-0.4, -0.2) is 18.1 Å². The van der Waals surface area contributed by atoms with E-state index in [9.17, 15) is 0 Å². The third-order valence-electron chi connectivity index (χ3n) is 3.15. The van der Waals surface area contributed by atoms with Crippen LogP contribution in [-0.2, 0) is 0 Å². The summed E-state index contributed by atoms with van der Waals surface area (Å²) in [5.41, 5.74) is 8.13. The molecule has 1 fully saturated rings. The molecule has 0 saturated carbocycles. The summed E-state index contributed by atoms with van der Waals surface area (Å²) < 4.78 is 5.77. The first kappa shape index (κ1) is 9.66. The molecular formula is C12H15N3O. The zero-order valence-corrected chi connectivity index (χ0v) is 9.07. The molecule has 1 aromatic carbocycles. The van der Waals surface area contributed by atoms with E-state index < -0.39 is 0 Å². The molecule has 84 valence electrons. The molecule has 4 heteroatoms. The number of anilines is 1. The summed E-state index contributed by atoms with van der Waals surface area (Å²) in [7, 11) is 0. The second-order valence-corrected chi connectivity index (χ2v) is 4.27. The fourth-order valence-electron chi connectivity index (χ4n) is 2.23. The Labute approximate surface area is 93.8 Å². The number of benzene rings is 1. The zero-order valence-electron chi connectivity index (χ0n) is 9.07. The fourth-order valence-corrected chi connectivity index (χ4v) is 2.23. The highest BCUT2D eigenvalue weighted by Crippen LogP contribution is 2.29. The van der Waals surface area contributed by atoms with Gasteiger partial charge in [0, 0.05) is 5.92 Å². The van der Waals surface area contributed by atoms with Crippen LogP contribution < -0.4 is 11.1 Å². The lowest BCUT2D eigenvalue weighted by molar-refractivity contribution is 0.385. The van der Waals surface area contributed by atoms with Gasteiger partial charge in [-0.1, -0.05) is 6.07 Å². The van der Waals surface area contributed by atoms with Gasteiger partial charge in [-0.2, -0.15) is 0 Å². The van der Waals surface area contributed by atoms with Crippen molar-refractivity contribution in [2.24, 2.45) is 0 Å². The number of hydrogen-bond donors (Lipinski definition) is 2. The summed E-state index contributed by atoms with van der Waals surface area (Å²) in [6.07, 6.45) is 2.18. The van der Waals surface area contributed by atoms with Crippen molar-refractivity contribution in [2.75, 3.05) is 18.8 Å². The first-order valence-corrected chi connectivity index (χ1v) is 5.70. The minimum Gasteiger partial charge on any atom is -0.438 e. The van der Waals surface area contributed by atoms with Gasteiger partial charge >= 0.3 is 0 Å². The molecule has 0 spiro atoms. The molecule has 0 unspecified atom stereocenters. The minimum atomic E-state index is 0.438. The van der Waals surface area contributed by atoms with E-state index in [0.717, 1.165) is 42.9 Å². The summed E-state index contributed by atoms with van der Waals surface area (Å²) in [6.45, 7) is 2.08. The van der Waals surface area contributed by atoms with Gasteiger partial charge in [0.15, 0.2) is 11.5 Å². The van der Waals surface area contributed by atoms with Crippen LogP contribution in [0.1, 0.15) is 24.7 Å². The summed E-state index contributed by atoms with van der Waals surface area (Å²) in [5.74, 6) is 1.28. The molecule has 3 rings (SSSR count). The topological polar surface area (TPSA) is 64.1 Å². The van der Waals surface area contributed by atoms with Crippen molar-refractivity contribution in [2.45, 2.75) is 18.8 Å². The SMILES string of the molecule is Nc1cccc2nc(C3CCNCC3)oc12. The van der Waals surface area contributed by atoms with Crippen molar-refractivity contribution in [3.63, 3.8) is 0 Å². The van der Waals surface area contributed by atoms with Crippen molar-refractivity contribution in [3.05, 3.63) is 24.1 Å². The lowest BCUT2D eigenvalue weighted by Crippen LogP contribution is -2.26. The summed E-state index contributed by atoms with van der Waals surface area (Å²) in [6, 6.07) is 5.70. The molecule has 1 aliphatic rings. The van der Waals surface area contributed by atoms with Crippen molar-refractivity contribution >= 4 is 16.8 Å². The van der Waals surface area contributed by atoms with Gasteiger partial charge in [-0.25, -0.2) is 4.98 Å². The second kappa shape index (κ2) is 3.79. The summed E-state index contributed by atoms with van der Waals surface area (Å²) >= 11 is 0. The Hall–Kier alpha value is -1.55. The van der Waals surface area contributed by atoms with E-state index in [4.69, 9.17) is 10.2 Å². The average Bonchev–Trinajstić information content (AvgIpc) is 2.76. The van der Waals surface area contributed by atoms with Crippen molar-refractivity contribution in [1.29, 1.82) is 0 Å². The van der Waals surface area contributed by atoms with E-state index in [1.54, 1.807) is 0 Å². The van der Waals surface area contributed by atoms with Crippen LogP contribution in [0.3, 0.4) is 0 Å². The molecule has 16 heavy (non-hydrogen) atoms. The number of fused-ring (bicyclic) bond motifs is 1. The molecule has 0 atom stereocenters. The van der Waals surface area contributed by atoms with Crippen LogP contribution in [0, 0.1) is 0 Å². The second-order valence-electron chi connectivity index (χ2n) is 4.27. The molecule has 1 aromatic heterocycles. The zero-order chi connectivity index (χ0) is 11.0. The summed E-state index contributed by atoms with van der Waals surface area (Å²) in [4.78, 5) is 4.52. The Balaban J connectivity index is 2.01. The predicted octanol–water partition coefficient (Wildman–Crippen LogP) is 1.88. The van der Waals surface area contributed by atoms with Gasteiger partial charge < -0.3 is 15.5 Å². The van der Waals surface area contributed by atoms with Gasteiger partial charge in [0.1, 0.15) is 5.52 Å². The normalized spacial score (nSPS) is 18.0. The van der Waals surface area contributed by atoms with E-state index in [1.165, 1.54) is 0 Å². The van der Waals surface area contributed by atoms with Gasteiger partial charge in [0.05, 0.1) is 5.69 Å². The Morgan fingerprint density at radius 3 is 2.88 bits per heavy atom. The van der Waals surface area contributed by atoms with Crippen LogP contribution in [0.15, 0.2) is 22.6 Å². The van der Waals surface area contributed by atoms with Crippen molar-refractivity contribution in [3.8, 4) is 0 Å². The van der Waals surface area contributed by atoms with E-state index in [1.807, 2.05) is 18.2 Å². The molecule has 0 aliphatic carbocycles. The average molecular weight is 217 g/mol. The first-order valence-electron chi connectivity index (χ1n) is 5.70. The van der Waals surface area contributed by atoms with Crippen molar-refractivity contribution in [1.82, 2.24) is 10.3 Å². The van der Waals surface area contributed by atoms with E-state index >= 15 is 0 Å². The number of oxazole rings is 1. The van der Waals surface area contributed by atoms with Gasteiger partial charge in [-0.05, 0) is 38.1 Å². The van der Waals surface area contributed by atoms with Crippen LogP contribution in [0.2, 0.25) is 0 Å². The van der Waals surface area contributed by atoms with Gasteiger partial charge in [-0.3, -0.25) is 0 Å². The molecule has 1 saturated heterocycles. The quantitative estimate of drug-likeness (QED) is 0.716. The lowest BCUT2D eigenvalue weighted by Gasteiger charge is -2.19. The van der Waals surface area contributed by atoms with E-state index in [0.29, 0.717) is 11.6 Å². The molecule has 2 aromatic rings. The van der Waals surface area contributed by atoms with Crippen LogP contribution in [0.25, 0.3) is 11.1 Å². The molecule has 4 nitrogen and oxygen atoms in total. The third kappa shape index (κ3) is 1.55. The molecule has 1 aliphatic heterocycles. The number of hydrogen-bond acceptors (Lipinski definition) is 4. The Bertz CT molecular complexity index is 500. The monoisotopic (exact) mass is 217 g/mol.